The molecule has 0 unspecified atom stereocenters. The number of nitrogens with zero attached hydrogens (tertiary/aromatic N) is 4. The van der Waals surface area contributed by atoms with Crippen molar-refractivity contribution in [3.8, 4) is 5.75 Å². The number of amides is 1. The highest BCUT2D eigenvalue weighted by molar-refractivity contribution is 5.92. The molecule has 0 bridgehead atoms. The van der Waals surface area contributed by atoms with Crippen LogP contribution in [0.5, 0.6) is 5.75 Å². The summed E-state index contributed by atoms with van der Waals surface area (Å²) in [5, 5.41) is 17.2. The molecule has 1 aliphatic rings. The van der Waals surface area contributed by atoms with Gasteiger partial charge in [-0.1, -0.05) is 5.21 Å². The fourth-order valence-corrected chi connectivity index (χ4v) is 2.62. The van der Waals surface area contributed by atoms with Crippen molar-refractivity contribution < 1.29 is 9.53 Å². The highest BCUT2D eigenvalue weighted by Gasteiger charge is 2.31. The van der Waals surface area contributed by atoms with Gasteiger partial charge in [0.1, 0.15) is 11.8 Å². The van der Waals surface area contributed by atoms with Crippen molar-refractivity contribution in [1.29, 1.82) is 0 Å². The van der Waals surface area contributed by atoms with Crippen LogP contribution in [0.15, 0.2) is 18.6 Å². The van der Waals surface area contributed by atoms with E-state index >= 15 is 0 Å². The molecule has 0 saturated heterocycles. The highest BCUT2D eigenvalue weighted by atomic mass is 16.5. The quantitative estimate of drug-likeness (QED) is 0.847. The molecule has 0 aromatic carbocycles. The summed E-state index contributed by atoms with van der Waals surface area (Å²) in [7, 11) is 0. The number of nitrogens with one attached hydrogen (secondary N) is 2. The molecule has 2 heterocycles. The number of aromatic amines is 1. The number of hydrogen-bond donors (Lipinski definition) is 2. The molecular formula is C13H18N6O2. The first-order valence-corrected chi connectivity index (χ1v) is 7.12. The van der Waals surface area contributed by atoms with Gasteiger partial charge in [0.2, 0.25) is 0 Å². The normalized spacial score (nSPS) is 21.4. The molecule has 1 aliphatic carbocycles. The van der Waals surface area contributed by atoms with Crippen molar-refractivity contribution in [2.75, 3.05) is 0 Å². The van der Waals surface area contributed by atoms with Crippen LogP contribution in [-0.4, -0.2) is 43.2 Å². The van der Waals surface area contributed by atoms with E-state index in [1.807, 2.05) is 6.92 Å². The molecular weight excluding hydrogens is 272 g/mol. The number of carbonyl (C=O) groups is 1. The third kappa shape index (κ3) is 2.88. The van der Waals surface area contributed by atoms with E-state index in [9.17, 15) is 4.79 Å². The number of aryl methyl sites for hydroxylation is 1. The van der Waals surface area contributed by atoms with E-state index < -0.39 is 0 Å². The van der Waals surface area contributed by atoms with Gasteiger partial charge in [0.25, 0.3) is 5.91 Å². The minimum atomic E-state index is -0.158. The Morgan fingerprint density at radius 1 is 1.52 bits per heavy atom. The third-order valence-electron chi connectivity index (χ3n) is 3.68. The molecule has 0 aliphatic heterocycles. The molecule has 1 fully saturated rings. The van der Waals surface area contributed by atoms with E-state index in [-0.39, 0.29) is 18.1 Å². The summed E-state index contributed by atoms with van der Waals surface area (Å²) in [6.07, 6.45) is 7.64. The van der Waals surface area contributed by atoms with E-state index in [0.29, 0.717) is 18.0 Å². The van der Waals surface area contributed by atoms with E-state index in [4.69, 9.17) is 4.74 Å². The van der Waals surface area contributed by atoms with Gasteiger partial charge < -0.3 is 10.1 Å². The van der Waals surface area contributed by atoms with E-state index in [1.165, 1.54) is 6.20 Å². The predicted octanol–water partition coefficient (Wildman–Crippen LogP) is 0.751. The summed E-state index contributed by atoms with van der Waals surface area (Å²) in [5.74, 6) is 0.538. The lowest BCUT2D eigenvalue weighted by Crippen LogP contribution is -2.43. The lowest BCUT2D eigenvalue weighted by Gasteiger charge is -2.21. The van der Waals surface area contributed by atoms with Crippen molar-refractivity contribution in [2.24, 2.45) is 0 Å². The van der Waals surface area contributed by atoms with Gasteiger partial charge in [-0.3, -0.25) is 9.89 Å². The zero-order valence-electron chi connectivity index (χ0n) is 11.8. The molecule has 2 atom stereocenters. The van der Waals surface area contributed by atoms with Gasteiger partial charge in [-0.15, -0.1) is 5.10 Å². The second-order valence-electron chi connectivity index (χ2n) is 5.04. The summed E-state index contributed by atoms with van der Waals surface area (Å²) < 4.78 is 7.44. The van der Waals surface area contributed by atoms with Gasteiger partial charge in [-0.2, -0.15) is 5.10 Å². The zero-order valence-corrected chi connectivity index (χ0v) is 11.8. The van der Waals surface area contributed by atoms with Crippen LogP contribution >= 0.6 is 0 Å². The molecule has 2 aromatic rings. The molecule has 21 heavy (non-hydrogen) atoms. The maximum absolute atomic E-state index is 12.3. The summed E-state index contributed by atoms with van der Waals surface area (Å²) in [5.41, 5.74) is 0.478. The molecule has 2 aromatic heterocycles. The van der Waals surface area contributed by atoms with Crippen LogP contribution in [0, 0.1) is 0 Å². The van der Waals surface area contributed by atoms with Gasteiger partial charge in [-0.05, 0) is 26.2 Å². The van der Waals surface area contributed by atoms with E-state index in [2.05, 4.69) is 25.8 Å². The first-order chi connectivity index (χ1) is 10.3. The van der Waals surface area contributed by atoms with E-state index in [0.717, 1.165) is 19.3 Å². The second kappa shape index (κ2) is 5.94. The van der Waals surface area contributed by atoms with Gasteiger partial charge in [0, 0.05) is 6.54 Å². The summed E-state index contributed by atoms with van der Waals surface area (Å²) in [6.45, 7) is 2.54. The Bertz CT molecular complexity index is 594. The molecule has 0 radical (unpaired) electrons. The summed E-state index contributed by atoms with van der Waals surface area (Å²) >= 11 is 0. The van der Waals surface area contributed by atoms with Crippen LogP contribution in [0.25, 0.3) is 0 Å². The standard InChI is InChI=1S/C13H18N6O2/c1-2-19-11(8-16-18-19)13(20)17-10-4-3-5-12(10)21-9-6-14-15-7-9/h6-8,10,12H,2-5H2,1H3,(H,14,15)(H,17,20)/t10-,12+/m0/s1. The minimum absolute atomic E-state index is 0.00685. The lowest BCUT2D eigenvalue weighted by atomic mass is 10.2. The predicted molar refractivity (Wildman–Crippen MR) is 73.8 cm³/mol. The van der Waals surface area contributed by atoms with Gasteiger partial charge >= 0.3 is 0 Å². The van der Waals surface area contributed by atoms with Crippen molar-refractivity contribution in [1.82, 2.24) is 30.5 Å². The first-order valence-electron chi connectivity index (χ1n) is 7.12. The van der Waals surface area contributed by atoms with Crippen molar-refractivity contribution in [2.45, 2.75) is 44.9 Å². The maximum atomic E-state index is 12.3. The number of carbonyl (C=O) groups excluding carboxylic acids is 1. The smallest absolute Gasteiger partial charge is 0.271 e. The maximum Gasteiger partial charge on any atom is 0.271 e. The number of hydrogen-bond acceptors (Lipinski definition) is 5. The van der Waals surface area contributed by atoms with Crippen molar-refractivity contribution in [3.63, 3.8) is 0 Å². The monoisotopic (exact) mass is 290 g/mol. The Morgan fingerprint density at radius 3 is 3.19 bits per heavy atom. The number of rotatable bonds is 5. The molecule has 112 valence electrons. The van der Waals surface area contributed by atoms with Crippen LogP contribution in [0.3, 0.4) is 0 Å². The average Bonchev–Trinajstić information content (AvgIpc) is 3.21. The Hall–Kier alpha value is -2.38. The van der Waals surface area contributed by atoms with Crippen LogP contribution < -0.4 is 10.1 Å². The molecule has 1 amide bonds. The Balaban J connectivity index is 1.64. The van der Waals surface area contributed by atoms with Gasteiger partial charge in [0.15, 0.2) is 5.75 Å². The molecule has 2 N–H and O–H groups in total. The van der Waals surface area contributed by atoms with Crippen molar-refractivity contribution in [3.05, 3.63) is 24.3 Å². The minimum Gasteiger partial charge on any atom is -0.485 e. The molecule has 0 spiro atoms. The molecule has 1 saturated carbocycles. The highest BCUT2D eigenvalue weighted by Crippen LogP contribution is 2.24. The lowest BCUT2D eigenvalue weighted by molar-refractivity contribution is 0.0883. The van der Waals surface area contributed by atoms with Crippen LogP contribution in [-0.2, 0) is 6.54 Å². The number of ether oxygens (including phenoxy) is 1. The van der Waals surface area contributed by atoms with Crippen LogP contribution in [0.1, 0.15) is 36.7 Å². The summed E-state index contributed by atoms with van der Waals surface area (Å²) in [6, 6.07) is -0.00685. The second-order valence-corrected chi connectivity index (χ2v) is 5.04. The first kappa shape index (κ1) is 13.6. The number of aromatic nitrogens is 5. The van der Waals surface area contributed by atoms with E-state index in [1.54, 1.807) is 17.1 Å². The Labute approximate surface area is 121 Å². The molecule has 8 heteroatoms. The Morgan fingerprint density at radius 2 is 2.43 bits per heavy atom. The van der Waals surface area contributed by atoms with Crippen molar-refractivity contribution >= 4 is 5.91 Å². The van der Waals surface area contributed by atoms with Crippen LogP contribution in [0.4, 0.5) is 0 Å². The fraction of sp³-hybridized carbons (Fsp3) is 0.538. The number of H-pyrrole nitrogens is 1. The van der Waals surface area contributed by atoms with Crippen LogP contribution in [0.2, 0.25) is 0 Å². The Kier molecular flexibility index (Phi) is 3.85. The van der Waals surface area contributed by atoms with Gasteiger partial charge in [0.05, 0.1) is 24.6 Å². The SMILES string of the molecule is CCn1nncc1C(=O)N[C@H]1CCC[C@H]1Oc1cn[nH]c1. The largest absolute Gasteiger partial charge is 0.485 e. The zero-order chi connectivity index (χ0) is 14.7. The fourth-order valence-electron chi connectivity index (χ4n) is 2.62. The average molecular weight is 290 g/mol. The summed E-state index contributed by atoms with van der Waals surface area (Å²) in [4.78, 5) is 12.3. The van der Waals surface area contributed by atoms with Gasteiger partial charge in [-0.25, -0.2) is 4.68 Å². The molecule has 3 rings (SSSR count). The molecule has 8 nitrogen and oxygen atoms in total. The third-order valence-corrected chi connectivity index (χ3v) is 3.68. The topological polar surface area (TPSA) is 97.7 Å².